The molecule has 29 heavy (non-hydrogen) atoms. The van der Waals surface area contributed by atoms with Crippen molar-refractivity contribution in [2.24, 2.45) is 0 Å². The highest BCUT2D eigenvalue weighted by Crippen LogP contribution is 2.30. The first-order chi connectivity index (χ1) is 13.8. The Morgan fingerprint density at radius 1 is 1.21 bits per heavy atom. The molecule has 1 saturated heterocycles. The van der Waals surface area contributed by atoms with Crippen molar-refractivity contribution in [1.82, 2.24) is 14.4 Å². The lowest BCUT2D eigenvalue weighted by Gasteiger charge is -2.33. The Bertz CT molecular complexity index is 984. The van der Waals surface area contributed by atoms with E-state index in [4.69, 9.17) is 0 Å². The Morgan fingerprint density at radius 3 is 2.48 bits per heavy atom. The Balaban J connectivity index is 1.82. The summed E-state index contributed by atoms with van der Waals surface area (Å²) in [7, 11) is 0. The number of rotatable bonds is 4. The molecule has 3 rings (SSSR count). The van der Waals surface area contributed by atoms with Crippen LogP contribution in [0.4, 0.5) is 10.2 Å². The lowest BCUT2D eigenvalue weighted by Crippen LogP contribution is -2.49. The highest BCUT2D eigenvalue weighted by atomic mass is 19.1. The van der Waals surface area contributed by atoms with E-state index in [1.165, 1.54) is 19.1 Å². The van der Waals surface area contributed by atoms with Gasteiger partial charge in [-0.05, 0) is 37.6 Å². The Hall–Kier alpha value is -3.18. The summed E-state index contributed by atoms with van der Waals surface area (Å²) in [6.45, 7) is 7.73. The molecule has 0 bridgehead atoms. The Morgan fingerprint density at radius 2 is 1.90 bits per heavy atom. The average molecular weight is 397 g/mol. The first-order valence-corrected chi connectivity index (χ1v) is 9.47. The third-order valence-electron chi connectivity index (χ3n) is 5.33. The van der Waals surface area contributed by atoms with Gasteiger partial charge in [-0.2, -0.15) is 5.26 Å². The van der Waals surface area contributed by atoms with Crippen LogP contribution < -0.4 is 5.32 Å². The zero-order valence-electron chi connectivity index (χ0n) is 16.8. The molecule has 1 aromatic heterocycles. The van der Waals surface area contributed by atoms with Crippen molar-refractivity contribution < 1.29 is 14.0 Å². The van der Waals surface area contributed by atoms with E-state index < -0.39 is 5.82 Å². The molecule has 1 fully saturated rings. The molecule has 0 saturated carbocycles. The zero-order chi connectivity index (χ0) is 21.1. The third-order valence-corrected chi connectivity index (χ3v) is 5.33. The van der Waals surface area contributed by atoms with Gasteiger partial charge in [-0.25, -0.2) is 4.39 Å². The second kappa shape index (κ2) is 8.45. The molecule has 7 nitrogen and oxygen atoms in total. The average Bonchev–Trinajstić information content (AvgIpc) is 2.91. The van der Waals surface area contributed by atoms with Crippen LogP contribution in [-0.2, 0) is 9.59 Å². The van der Waals surface area contributed by atoms with E-state index >= 15 is 0 Å². The van der Waals surface area contributed by atoms with Crippen LogP contribution >= 0.6 is 0 Å². The fourth-order valence-electron chi connectivity index (χ4n) is 3.59. The van der Waals surface area contributed by atoms with Crippen molar-refractivity contribution in [2.75, 3.05) is 38.0 Å². The van der Waals surface area contributed by atoms with E-state index in [1.54, 1.807) is 28.5 Å². The van der Waals surface area contributed by atoms with Crippen LogP contribution in [0.1, 0.15) is 23.7 Å². The standard InChI is InChI=1S/C21H24FN5O2/c1-14-15(2)27(18-6-4-5-17(22)11-18)21(19(14)12-23)24-20(29)13-25-7-9-26(10-8-25)16(3)28/h4-6,11H,7-10,13H2,1-3H3,(H,24,29). The topological polar surface area (TPSA) is 81.4 Å². The summed E-state index contributed by atoms with van der Waals surface area (Å²) in [6.07, 6.45) is 0. The summed E-state index contributed by atoms with van der Waals surface area (Å²) >= 11 is 0. The number of hydrogen-bond donors (Lipinski definition) is 1. The van der Waals surface area contributed by atoms with E-state index in [0.717, 1.165) is 11.3 Å². The Labute approximate surface area is 169 Å². The van der Waals surface area contributed by atoms with Crippen LogP contribution in [0, 0.1) is 31.0 Å². The summed E-state index contributed by atoms with van der Waals surface area (Å²) in [5.41, 5.74) is 2.40. The van der Waals surface area contributed by atoms with Crippen LogP contribution in [0.15, 0.2) is 24.3 Å². The second-order valence-corrected chi connectivity index (χ2v) is 7.19. The highest BCUT2D eigenvalue weighted by molar-refractivity contribution is 5.93. The van der Waals surface area contributed by atoms with Crippen LogP contribution in [-0.4, -0.2) is 58.9 Å². The molecule has 2 heterocycles. The summed E-state index contributed by atoms with van der Waals surface area (Å²) in [5, 5.41) is 12.5. The van der Waals surface area contributed by atoms with Gasteiger partial charge in [-0.1, -0.05) is 6.07 Å². The third kappa shape index (κ3) is 4.30. The lowest BCUT2D eigenvalue weighted by atomic mass is 10.2. The molecule has 152 valence electrons. The van der Waals surface area contributed by atoms with E-state index in [1.807, 2.05) is 11.8 Å². The normalized spacial score (nSPS) is 14.5. The van der Waals surface area contributed by atoms with Crippen molar-refractivity contribution in [3.63, 3.8) is 0 Å². The van der Waals surface area contributed by atoms with Gasteiger partial charge in [-0.3, -0.25) is 19.1 Å². The van der Waals surface area contributed by atoms with E-state index in [9.17, 15) is 19.2 Å². The number of amides is 2. The fourth-order valence-corrected chi connectivity index (χ4v) is 3.59. The fraction of sp³-hybridized carbons (Fsp3) is 0.381. The van der Waals surface area contributed by atoms with Gasteiger partial charge in [0.15, 0.2) is 0 Å². The van der Waals surface area contributed by atoms with Crippen molar-refractivity contribution in [1.29, 1.82) is 5.26 Å². The minimum absolute atomic E-state index is 0.0339. The van der Waals surface area contributed by atoms with Crippen molar-refractivity contribution in [3.05, 3.63) is 46.9 Å². The van der Waals surface area contributed by atoms with Gasteiger partial charge >= 0.3 is 0 Å². The second-order valence-electron chi connectivity index (χ2n) is 7.19. The van der Waals surface area contributed by atoms with Crippen molar-refractivity contribution in [3.8, 4) is 11.8 Å². The SMILES string of the molecule is CC(=O)N1CCN(CC(=O)Nc2c(C#N)c(C)c(C)n2-c2cccc(F)c2)CC1. The Kier molecular flexibility index (Phi) is 5.99. The predicted octanol–water partition coefficient (Wildman–Crippen LogP) is 2.21. The van der Waals surface area contributed by atoms with E-state index in [-0.39, 0.29) is 18.4 Å². The number of nitrogens with one attached hydrogen (secondary N) is 1. The van der Waals surface area contributed by atoms with Gasteiger partial charge in [0, 0.05) is 38.8 Å². The lowest BCUT2D eigenvalue weighted by molar-refractivity contribution is -0.130. The van der Waals surface area contributed by atoms with Crippen molar-refractivity contribution >= 4 is 17.6 Å². The molecule has 0 spiro atoms. The predicted molar refractivity (Wildman–Crippen MR) is 107 cm³/mol. The van der Waals surface area contributed by atoms with Gasteiger partial charge < -0.3 is 10.2 Å². The number of carbonyl (C=O) groups is 2. The minimum atomic E-state index is -0.396. The number of aromatic nitrogens is 1. The summed E-state index contributed by atoms with van der Waals surface area (Å²) < 4.78 is 15.5. The van der Waals surface area contributed by atoms with Crippen LogP contribution in [0.5, 0.6) is 0 Å². The monoisotopic (exact) mass is 397 g/mol. The minimum Gasteiger partial charge on any atom is -0.340 e. The molecule has 0 atom stereocenters. The quantitative estimate of drug-likeness (QED) is 0.858. The van der Waals surface area contributed by atoms with E-state index in [2.05, 4.69) is 11.4 Å². The molecule has 2 amide bonds. The molecule has 1 N–H and O–H groups in total. The molecule has 0 radical (unpaired) electrons. The van der Waals surface area contributed by atoms with Gasteiger partial charge in [0.2, 0.25) is 11.8 Å². The summed E-state index contributed by atoms with van der Waals surface area (Å²) in [6, 6.07) is 8.18. The molecule has 0 unspecified atom stereocenters. The van der Waals surface area contributed by atoms with Gasteiger partial charge in [0.25, 0.3) is 0 Å². The maximum atomic E-state index is 13.8. The van der Waals surface area contributed by atoms with Crippen LogP contribution in [0.3, 0.4) is 0 Å². The van der Waals surface area contributed by atoms with Gasteiger partial charge in [0.05, 0.1) is 17.8 Å². The number of nitrogens with zero attached hydrogens (tertiary/aromatic N) is 4. The smallest absolute Gasteiger partial charge is 0.239 e. The number of hydrogen-bond acceptors (Lipinski definition) is 4. The number of carbonyl (C=O) groups excluding carboxylic acids is 2. The number of nitriles is 1. The van der Waals surface area contributed by atoms with Crippen molar-refractivity contribution in [2.45, 2.75) is 20.8 Å². The van der Waals surface area contributed by atoms with Gasteiger partial charge in [0.1, 0.15) is 17.7 Å². The first-order valence-electron chi connectivity index (χ1n) is 9.47. The number of halogens is 1. The molecule has 1 aliphatic heterocycles. The molecule has 2 aromatic rings. The van der Waals surface area contributed by atoms with Crippen LogP contribution in [0.25, 0.3) is 5.69 Å². The zero-order valence-corrected chi connectivity index (χ0v) is 16.8. The number of piperazine rings is 1. The number of anilines is 1. The largest absolute Gasteiger partial charge is 0.340 e. The first kappa shape index (κ1) is 20.6. The highest BCUT2D eigenvalue weighted by Gasteiger charge is 2.24. The van der Waals surface area contributed by atoms with E-state index in [0.29, 0.717) is 43.2 Å². The summed E-state index contributed by atoms with van der Waals surface area (Å²) in [5.74, 6) is -0.271. The maximum absolute atomic E-state index is 13.8. The van der Waals surface area contributed by atoms with Gasteiger partial charge in [-0.15, -0.1) is 0 Å². The molecular formula is C21H24FN5O2. The molecular weight excluding hydrogens is 373 g/mol. The molecule has 8 heteroatoms. The van der Waals surface area contributed by atoms with Crippen LogP contribution in [0.2, 0.25) is 0 Å². The molecule has 1 aliphatic rings. The summed E-state index contributed by atoms with van der Waals surface area (Å²) in [4.78, 5) is 27.9. The molecule has 0 aliphatic carbocycles. The molecule has 1 aromatic carbocycles. The number of benzene rings is 1. The maximum Gasteiger partial charge on any atom is 0.239 e.